The number of benzene rings is 3. The SMILES string of the molecule is O=C(Nc1ccccc1F)NN1C(=O)CN=C(c2ccccc2)c2ccccc21. The minimum atomic E-state index is -0.735. The normalized spacial score (nSPS) is 13.2. The van der Waals surface area contributed by atoms with Gasteiger partial charge in [-0.25, -0.2) is 19.6 Å². The molecule has 3 amide bonds. The minimum Gasteiger partial charge on any atom is -0.304 e. The summed E-state index contributed by atoms with van der Waals surface area (Å²) in [5.74, 6) is -0.980. The molecule has 3 aromatic rings. The maximum Gasteiger partial charge on any atom is 0.338 e. The fourth-order valence-corrected chi connectivity index (χ4v) is 3.09. The molecule has 6 nitrogen and oxygen atoms in total. The third kappa shape index (κ3) is 3.84. The average Bonchev–Trinajstić information content (AvgIpc) is 2.88. The Labute approximate surface area is 166 Å². The van der Waals surface area contributed by atoms with Crippen LogP contribution in [0.2, 0.25) is 0 Å². The van der Waals surface area contributed by atoms with E-state index in [1.54, 1.807) is 18.2 Å². The molecule has 0 spiro atoms. The topological polar surface area (TPSA) is 73.8 Å². The zero-order valence-corrected chi connectivity index (χ0v) is 15.3. The van der Waals surface area contributed by atoms with E-state index in [9.17, 15) is 14.0 Å². The molecule has 0 fully saturated rings. The first-order valence-corrected chi connectivity index (χ1v) is 8.98. The maximum atomic E-state index is 13.8. The number of carbonyl (C=O) groups excluding carboxylic acids is 2. The molecule has 29 heavy (non-hydrogen) atoms. The third-order valence-electron chi connectivity index (χ3n) is 4.40. The number of benzodiazepines with no additional fused rings is 1. The number of aliphatic imine (C=N–C) groups is 1. The van der Waals surface area contributed by atoms with E-state index in [2.05, 4.69) is 15.7 Å². The van der Waals surface area contributed by atoms with Gasteiger partial charge in [-0.1, -0.05) is 60.7 Å². The van der Waals surface area contributed by atoms with Gasteiger partial charge in [0, 0.05) is 11.1 Å². The predicted octanol–water partition coefficient (Wildman–Crippen LogP) is 3.75. The molecular weight excluding hydrogens is 371 g/mol. The highest BCUT2D eigenvalue weighted by Gasteiger charge is 2.26. The van der Waals surface area contributed by atoms with Gasteiger partial charge in [-0.05, 0) is 18.2 Å². The van der Waals surface area contributed by atoms with Crippen molar-refractivity contribution in [1.82, 2.24) is 5.43 Å². The molecule has 0 radical (unpaired) electrons. The molecule has 4 rings (SSSR count). The number of fused-ring (bicyclic) bond motifs is 1. The Morgan fingerprint density at radius 2 is 1.62 bits per heavy atom. The second kappa shape index (κ2) is 7.93. The molecule has 0 atom stereocenters. The molecule has 0 aliphatic carbocycles. The summed E-state index contributed by atoms with van der Waals surface area (Å²) >= 11 is 0. The Kier molecular flexibility index (Phi) is 5.03. The molecule has 0 aromatic heterocycles. The number of rotatable bonds is 3. The summed E-state index contributed by atoms with van der Waals surface area (Å²) in [5, 5.41) is 3.56. The van der Waals surface area contributed by atoms with Crippen LogP contribution < -0.4 is 15.8 Å². The molecule has 3 aromatic carbocycles. The molecule has 0 unspecified atom stereocenters. The smallest absolute Gasteiger partial charge is 0.304 e. The van der Waals surface area contributed by atoms with E-state index < -0.39 is 17.8 Å². The number of hydrogen-bond donors (Lipinski definition) is 2. The van der Waals surface area contributed by atoms with Crippen LogP contribution >= 0.6 is 0 Å². The van der Waals surface area contributed by atoms with Crippen LogP contribution in [0.4, 0.5) is 20.6 Å². The molecule has 0 saturated heterocycles. The molecule has 1 aliphatic heterocycles. The lowest BCUT2D eigenvalue weighted by Gasteiger charge is -2.23. The molecule has 7 heteroatoms. The van der Waals surface area contributed by atoms with E-state index in [0.29, 0.717) is 17.0 Å². The van der Waals surface area contributed by atoms with Crippen LogP contribution in [0.25, 0.3) is 0 Å². The first-order valence-electron chi connectivity index (χ1n) is 8.98. The monoisotopic (exact) mass is 388 g/mol. The van der Waals surface area contributed by atoms with Gasteiger partial charge in [-0.15, -0.1) is 0 Å². The highest BCUT2D eigenvalue weighted by Crippen LogP contribution is 2.25. The number of carbonyl (C=O) groups is 2. The highest BCUT2D eigenvalue weighted by molar-refractivity contribution is 6.19. The second-order valence-electron chi connectivity index (χ2n) is 6.32. The van der Waals surface area contributed by atoms with Gasteiger partial charge < -0.3 is 5.32 Å². The van der Waals surface area contributed by atoms with Crippen LogP contribution in [0.1, 0.15) is 11.1 Å². The number of amides is 3. The summed E-state index contributed by atoms with van der Waals surface area (Å²) in [6.45, 7) is -0.140. The van der Waals surface area contributed by atoms with Crippen LogP contribution in [-0.2, 0) is 4.79 Å². The molecule has 1 aliphatic rings. The Hall–Kier alpha value is -4.00. The third-order valence-corrected chi connectivity index (χ3v) is 4.40. The fourth-order valence-electron chi connectivity index (χ4n) is 3.09. The summed E-state index contributed by atoms with van der Waals surface area (Å²) in [6.07, 6.45) is 0. The summed E-state index contributed by atoms with van der Waals surface area (Å²) in [4.78, 5) is 29.6. The van der Waals surface area contributed by atoms with E-state index in [-0.39, 0.29) is 12.2 Å². The van der Waals surface area contributed by atoms with E-state index >= 15 is 0 Å². The Morgan fingerprint density at radius 1 is 0.931 bits per heavy atom. The summed E-state index contributed by atoms with van der Waals surface area (Å²) < 4.78 is 13.8. The van der Waals surface area contributed by atoms with Crippen LogP contribution in [0.3, 0.4) is 0 Å². The van der Waals surface area contributed by atoms with Gasteiger partial charge in [0.05, 0.1) is 17.1 Å². The first-order chi connectivity index (χ1) is 14.1. The summed E-state index contributed by atoms with van der Waals surface area (Å²) in [7, 11) is 0. The predicted molar refractivity (Wildman–Crippen MR) is 109 cm³/mol. The Bertz CT molecular complexity index is 1100. The number of halogens is 1. The summed E-state index contributed by atoms with van der Waals surface area (Å²) in [6, 6.07) is 21.7. The largest absolute Gasteiger partial charge is 0.338 e. The zero-order chi connectivity index (χ0) is 20.2. The van der Waals surface area contributed by atoms with Crippen molar-refractivity contribution in [3.63, 3.8) is 0 Å². The summed E-state index contributed by atoms with van der Waals surface area (Å²) in [5.41, 5.74) is 5.24. The van der Waals surface area contributed by atoms with Crippen molar-refractivity contribution >= 4 is 29.0 Å². The highest BCUT2D eigenvalue weighted by atomic mass is 19.1. The van der Waals surface area contributed by atoms with Gasteiger partial charge in [0.15, 0.2) is 0 Å². The molecule has 1 heterocycles. The Balaban J connectivity index is 1.65. The molecule has 0 saturated carbocycles. The molecule has 2 N–H and O–H groups in total. The number of nitrogens with zero attached hydrogens (tertiary/aromatic N) is 2. The fraction of sp³-hybridized carbons (Fsp3) is 0.0455. The van der Waals surface area contributed by atoms with E-state index in [4.69, 9.17) is 0 Å². The van der Waals surface area contributed by atoms with Gasteiger partial charge in [-0.2, -0.15) is 0 Å². The van der Waals surface area contributed by atoms with Gasteiger partial charge in [-0.3, -0.25) is 9.79 Å². The van der Waals surface area contributed by atoms with Crippen LogP contribution in [0.5, 0.6) is 0 Å². The molecule has 144 valence electrons. The van der Waals surface area contributed by atoms with E-state index in [1.807, 2.05) is 42.5 Å². The lowest BCUT2D eigenvalue weighted by molar-refractivity contribution is -0.117. The van der Waals surface area contributed by atoms with Crippen molar-refractivity contribution in [2.24, 2.45) is 4.99 Å². The molecular formula is C22H17FN4O2. The quantitative estimate of drug-likeness (QED) is 0.717. The van der Waals surface area contributed by atoms with Crippen LogP contribution in [0, 0.1) is 5.82 Å². The standard InChI is InChI=1S/C22H17FN4O2/c23-17-11-5-6-12-18(17)25-22(29)26-27-19-13-7-4-10-16(19)21(24-14-20(27)28)15-8-2-1-3-9-15/h1-13H,14H2,(H2,25,26,29). The van der Waals surface area contributed by atoms with Gasteiger partial charge >= 0.3 is 6.03 Å². The van der Waals surface area contributed by atoms with Crippen molar-refractivity contribution in [1.29, 1.82) is 0 Å². The van der Waals surface area contributed by atoms with E-state index in [0.717, 1.165) is 10.6 Å². The minimum absolute atomic E-state index is 0.0155. The van der Waals surface area contributed by atoms with Crippen molar-refractivity contribution < 1.29 is 14.0 Å². The number of urea groups is 1. The van der Waals surface area contributed by atoms with Gasteiger partial charge in [0.2, 0.25) is 0 Å². The van der Waals surface area contributed by atoms with Crippen molar-refractivity contribution in [3.05, 3.63) is 95.8 Å². The van der Waals surface area contributed by atoms with Crippen LogP contribution in [-0.4, -0.2) is 24.2 Å². The van der Waals surface area contributed by atoms with Crippen molar-refractivity contribution in [3.8, 4) is 0 Å². The Morgan fingerprint density at radius 3 is 2.41 bits per heavy atom. The number of anilines is 2. The number of para-hydroxylation sites is 2. The maximum absolute atomic E-state index is 13.8. The van der Waals surface area contributed by atoms with Crippen molar-refractivity contribution in [2.75, 3.05) is 16.9 Å². The van der Waals surface area contributed by atoms with Gasteiger partial charge in [0.25, 0.3) is 5.91 Å². The molecule has 0 bridgehead atoms. The first kappa shape index (κ1) is 18.4. The lowest BCUT2D eigenvalue weighted by Crippen LogP contribution is -2.49. The number of hydrogen-bond acceptors (Lipinski definition) is 3. The number of hydrazine groups is 1. The second-order valence-corrected chi connectivity index (χ2v) is 6.32. The van der Waals surface area contributed by atoms with Crippen molar-refractivity contribution in [2.45, 2.75) is 0 Å². The lowest BCUT2D eigenvalue weighted by atomic mass is 10.0. The number of nitrogens with one attached hydrogen (secondary N) is 2. The zero-order valence-electron chi connectivity index (χ0n) is 15.3. The average molecular weight is 388 g/mol. The van der Waals surface area contributed by atoms with E-state index in [1.165, 1.54) is 18.2 Å². The van der Waals surface area contributed by atoms with Crippen LogP contribution in [0.15, 0.2) is 83.9 Å². The van der Waals surface area contributed by atoms with Gasteiger partial charge in [0.1, 0.15) is 12.4 Å².